The van der Waals surface area contributed by atoms with Gasteiger partial charge in [-0.25, -0.2) is 9.78 Å². The smallest absolute Gasteiger partial charge is 0.328 e. The van der Waals surface area contributed by atoms with E-state index in [2.05, 4.69) is 10.3 Å². The van der Waals surface area contributed by atoms with Crippen LogP contribution in [-0.4, -0.2) is 35.1 Å². The van der Waals surface area contributed by atoms with Crippen LogP contribution in [0.25, 0.3) is 0 Å². The number of aromatic nitrogens is 1. The fourth-order valence-electron chi connectivity index (χ4n) is 2.95. The van der Waals surface area contributed by atoms with Crippen LogP contribution in [0.4, 0.5) is 0 Å². The summed E-state index contributed by atoms with van der Waals surface area (Å²) in [5.41, 5.74) is 7.92. The maximum Gasteiger partial charge on any atom is 0.328 e. The van der Waals surface area contributed by atoms with E-state index in [0.717, 1.165) is 11.1 Å². The van der Waals surface area contributed by atoms with Crippen molar-refractivity contribution < 1.29 is 23.8 Å². The van der Waals surface area contributed by atoms with Gasteiger partial charge in [0.1, 0.15) is 18.1 Å². The van der Waals surface area contributed by atoms with E-state index in [9.17, 15) is 14.7 Å². The van der Waals surface area contributed by atoms with Crippen LogP contribution in [0.5, 0.6) is 5.75 Å². The molecular formula is C22H23N3O5. The van der Waals surface area contributed by atoms with E-state index < -0.39 is 24.0 Å². The third-order valence-electron chi connectivity index (χ3n) is 4.54. The van der Waals surface area contributed by atoms with Crippen molar-refractivity contribution in [2.45, 2.75) is 24.9 Å². The number of phenols is 1. The Kier molecular flexibility index (Phi) is 6.82. The van der Waals surface area contributed by atoms with Gasteiger partial charge in [0.25, 0.3) is 5.91 Å². The molecule has 1 amide bonds. The maximum absolute atomic E-state index is 12.6. The molecule has 3 rings (SSSR count). The van der Waals surface area contributed by atoms with Gasteiger partial charge in [0.15, 0.2) is 5.69 Å². The van der Waals surface area contributed by atoms with Crippen molar-refractivity contribution in [3.8, 4) is 5.75 Å². The molecule has 4 N–H and O–H groups in total. The predicted octanol–water partition coefficient (Wildman–Crippen LogP) is 2.14. The van der Waals surface area contributed by atoms with Crippen LogP contribution in [0, 0.1) is 0 Å². The molecule has 0 saturated heterocycles. The highest BCUT2D eigenvalue weighted by atomic mass is 16.5. The molecule has 8 heteroatoms. The van der Waals surface area contributed by atoms with Gasteiger partial charge < -0.3 is 25.3 Å². The number of hydrogen-bond donors (Lipinski definition) is 3. The number of benzene rings is 2. The van der Waals surface area contributed by atoms with Gasteiger partial charge in [-0.1, -0.05) is 42.5 Å². The summed E-state index contributed by atoms with van der Waals surface area (Å²) in [6.07, 6.45) is 1.91. The van der Waals surface area contributed by atoms with E-state index in [1.54, 1.807) is 24.3 Å². The lowest BCUT2D eigenvalue weighted by molar-refractivity contribution is -0.142. The van der Waals surface area contributed by atoms with Crippen molar-refractivity contribution in [1.82, 2.24) is 10.3 Å². The molecule has 0 aliphatic carbocycles. The van der Waals surface area contributed by atoms with Gasteiger partial charge in [0.05, 0.1) is 13.2 Å². The number of hydrogen-bond acceptors (Lipinski definition) is 7. The summed E-state index contributed by atoms with van der Waals surface area (Å²) in [6, 6.07) is 14.5. The highest BCUT2D eigenvalue weighted by Gasteiger charge is 2.25. The van der Waals surface area contributed by atoms with Crippen molar-refractivity contribution in [2.24, 2.45) is 5.73 Å². The quantitative estimate of drug-likeness (QED) is 0.486. The van der Waals surface area contributed by atoms with Gasteiger partial charge in [0, 0.05) is 6.42 Å². The summed E-state index contributed by atoms with van der Waals surface area (Å²) in [7, 11) is 1.27. The molecule has 1 heterocycles. The lowest BCUT2D eigenvalue weighted by atomic mass is 10.1. The molecule has 0 spiro atoms. The molecule has 156 valence electrons. The first kappa shape index (κ1) is 21.1. The minimum absolute atomic E-state index is 0.0214. The monoisotopic (exact) mass is 409 g/mol. The minimum atomic E-state index is -0.865. The molecule has 2 aromatic carbocycles. The zero-order valence-electron chi connectivity index (χ0n) is 16.4. The van der Waals surface area contributed by atoms with Crippen molar-refractivity contribution in [2.75, 3.05) is 7.11 Å². The summed E-state index contributed by atoms with van der Waals surface area (Å²) in [5.74, 6) is -0.753. The zero-order chi connectivity index (χ0) is 21.5. The SMILES string of the molecule is COC(=O)C(Cc1ccccc1)NC(=O)c1coc(C(N)Cc2ccc(O)cc2)n1. The van der Waals surface area contributed by atoms with Gasteiger partial charge in [-0.15, -0.1) is 0 Å². The average molecular weight is 409 g/mol. The number of methoxy groups -OCH3 is 1. The van der Waals surface area contributed by atoms with Crippen LogP contribution in [-0.2, 0) is 22.4 Å². The molecule has 0 fully saturated rings. The Morgan fingerprint density at radius 3 is 2.43 bits per heavy atom. The Morgan fingerprint density at radius 1 is 1.10 bits per heavy atom. The van der Waals surface area contributed by atoms with E-state index in [1.807, 2.05) is 30.3 Å². The first-order chi connectivity index (χ1) is 14.5. The van der Waals surface area contributed by atoms with Gasteiger partial charge in [-0.3, -0.25) is 4.79 Å². The lowest BCUT2D eigenvalue weighted by Crippen LogP contribution is -2.43. The number of amides is 1. The largest absolute Gasteiger partial charge is 0.508 e. The Balaban J connectivity index is 1.66. The number of aromatic hydroxyl groups is 1. The van der Waals surface area contributed by atoms with Crippen molar-refractivity contribution in [3.63, 3.8) is 0 Å². The zero-order valence-corrected chi connectivity index (χ0v) is 16.4. The summed E-state index contributed by atoms with van der Waals surface area (Å²) >= 11 is 0. The second-order valence-corrected chi connectivity index (χ2v) is 6.79. The molecule has 2 unspecified atom stereocenters. The third-order valence-corrected chi connectivity index (χ3v) is 4.54. The molecule has 0 radical (unpaired) electrons. The number of nitrogens with two attached hydrogens (primary N) is 1. The van der Waals surface area contributed by atoms with Gasteiger partial charge in [-0.05, 0) is 29.7 Å². The number of carbonyl (C=O) groups is 2. The van der Waals surface area contributed by atoms with Crippen LogP contribution in [0.2, 0.25) is 0 Å². The minimum Gasteiger partial charge on any atom is -0.508 e. The Morgan fingerprint density at radius 2 is 1.77 bits per heavy atom. The third kappa shape index (κ3) is 5.45. The Bertz CT molecular complexity index is 986. The number of oxazole rings is 1. The van der Waals surface area contributed by atoms with Crippen LogP contribution in [0.1, 0.15) is 33.5 Å². The molecule has 3 aromatic rings. The van der Waals surface area contributed by atoms with Crippen LogP contribution in [0.15, 0.2) is 65.3 Å². The molecule has 0 bridgehead atoms. The molecule has 2 atom stereocenters. The van der Waals surface area contributed by atoms with Crippen molar-refractivity contribution >= 4 is 11.9 Å². The van der Waals surface area contributed by atoms with Crippen molar-refractivity contribution in [3.05, 3.63) is 83.6 Å². The number of ether oxygens (including phenoxy) is 1. The van der Waals surface area contributed by atoms with E-state index >= 15 is 0 Å². The molecule has 0 aliphatic heterocycles. The number of esters is 1. The van der Waals surface area contributed by atoms with E-state index in [0.29, 0.717) is 6.42 Å². The Hall–Kier alpha value is -3.65. The first-order valence-corrected chi connectivity index (χ1v) is 9.37. The molecule has 1 aromatic heterocycles. The topological polar surface area (TPSA) is 128 Å². The Labute approximate surface area is 173 Å². The summed E-state index contributed by atoms with van der Waals surface area (Å²) in [6.45, 7) is 0. The maximum atomic E-state index is 12.6. The molecule has 30 heavy (non-hydrogen) atoms. The summed E-state index contributed by atoms with van der Waals surface area (Å²) in [5, 5.41) is 12.0. The van der Waals surface area contributed by atoms with Crippen LogP contribution in [0.3, 0.4) is 0 Å². The number of rotatable bonds is 8. The normalized spacial score (nSPS) is 12.7. The molecular weight excluding hydrogens is 386 g/mol. The fraction of sp³-hybridized carbons (Fsp3) is 0.227. The second-order valence-electron chi connectivity index (χ2n) is 6.79. The van der Waals surface area contributed by atoms with Crippen LogP contribution < -0.4 is 11.1 Å². The number of nitrogens with zero attached hydrogens (tertiary/aromatic N) is 1. The first-order valence-electron chi connectivity index (χ1n) is 9.37. The van der Waals surface area contributed by atoms with E-state index in [4.69, 9.17) is 14.9 Å². The number of nitrogens with one attached hydrogen (secondary N) is 1. The highest BCUT2D eigenvalue weighted by molar-refractivity contribution is 5.95. The average Bonchev–Trinajstić information content (AvgIpc) is 3.26. The lowest BCUT2D eigenvalue weighted by Gasteiger charge is -2.15. The van der Waals surface area contributed by atoms with E-state index in [1.165, 1.54) is 13.4 Å². The standard InChI is InChI=1S/C22H23N3O5/c1-29-22(28)18(12-14-5-3-2-4-6-14)24-20(27)19-13-30-21(25-19)17(23)11-15-7-9-16(26)10-8-15/h2-10,13,17-18,26H,11-12,23H2,1H3,(H,24,27). The number of carbonyl (C=O) groups excluding carboxylic acids is 2. The molecule has 0 saturated carbocycles. The summed E-state index contributed by atoms with van der Waals surface area (Å²) in [4.78, 5) is 28.9. The van der Waals surface area contributed by atoms with Crippen molar-refractivity contribution in [1.29, 1.82) is 0 Å². The van der Waals surface area contributed by atoms with Crippen LogP contribution >= 0.6 is 0 Å². The fourth-order valence-corrected chi connectivity index (χ4v) is 2.95. The van der Waals surface area contributed by atoms with Gasteiger partial charge >= 0.3 is 5.97 Å². The summed E-state index contributed by atoms with van der Waals surface area (Å²) < 4.78 is 10.2. The van der Waals surface area contributed by atoms with E-state index in [-0.39, 0.29) is 23.8 Å². The molecule has 8 nitrogen and oxygen atoms in total. The molecule has 0 aliphatic rings. The number of phenolic OH excluding ortho intramolecular Hbond substituents is 1. The predicted molar refractivity (Wildman–Crippen MR) is 109 cm³/mol. The van der Waals surface area contributed by atoms with Gasteiger partial charge in [0.2, 0.25) is 5.89 Å². The second kappa shape index (κ2) is 9.71. The van der Waals surface area contributed by atoms with Gasteiger partial charge in [-0.2, -0.15) is 0 Å². The highest BCUT2D eigenvalue weighted by Crippen LogP contribution is 2.18.